The third-order valence-corrected chi connectivity index (χ3v) is 2.95. The molecule has 0 fully saturated rings. The molecule has 19 heavy (non-hydrogen) atoms. The van der Waals surface area contributed by atoms with Crippen LogP contribution in [0.2, 0.25) is 0 Å². The zero-order chi connectivity index (χ0) is 13.5. The largest absolute Gasteiger partial charge is 0.373 e. The van der Waals surface area contributed by atoms with E-state index in [0.717, 1.165) is 11.1 Å². The van der Waals surface area contributed by atoms with E-state index in [0.29, 0.717) is 13.0 Å². The highest BCUT2D eigenvalue weighted by Crippen LogP contribution is 2.10. The average molecular weight is 254 g/mol. The molecule has 2 heteroatoms. The van der Waals surface area contributed by atoms with Gasteiger partial charge in [0.1, 0.15) is 0 Å². The Morgan fingerprint density at radius 3 is 2.21 bits per heavy atom. The summed E-state index contributed by atoms with van der Waals surface area (Å²) in [6.45, 7) is 2.48. The minimum atomic E-state index is -0.0760. The van der Waals surface area contributed by atoms with Gasteiger partial charge in [-0.2, -0.15) is 0 Å². The van der Waals surface area contributed by atoms with E-state index in [2.05, 4.69) is 0 Å². The van der Waals surface area contributed by atoms with Crippen molar-refractivity contribution in [3.63, 3.8) is 0 Å². The number of carbonyl (C=O) groups excluding carboxylic acids is 1. The van der Waals surface area contributed by atoms with Crippen molar-refractivity contribution in [2.75, 3.05) is 0 Å². The van der Waals surface area contributed by atoms with Crippen molar-refractivity contribution >= 4 is 5.78 Å². The summed E-state index contributed by atoms with van der Waals surface area (Å²) in [6.07, 6.45) is 0.338. The number of hydrogen-bond donors (Lipinski definition) is 0. The molecule has 0 N–H and O–H groups in total. The molecule has 0 aliphatic heterocycles. The molecule has 0 saturated carbocycles. The molecule has 0 aromatic heterocycles. The summed E-state index contributed by atoms with van der Waals surface area (Å²) >= 11 is 0. The molecular weight excluding hydrogens is 236 g/mol. The number of ether oxygens (including phenoxy) is 1. The van der Waals surface area contributed by atoms with E-state index in [9.17, 15) is 4.79 Å². The van der Waals surface area contributed by atoms with E-state index in [1.54, 1.807) is 0 Å². The fraction of sp³-hybridized carbons (Fsp3) is 0.235. The quantitative estimate of drug-likeness (QED) is 0.732. The Morgan fingerprint density at radius 1 is 1.00 bits per heavy atom. The molecule has 0 bridgehead atoms. The van der Waals surface area contributed by atoms with Gasteiger partial charge < -0.3 is 4.74 Å². The van der Waals surface area contributed by atoms with Crippen LogP contribution in [0, 0.1) is 0 Å². The number of Topliss-reactive ketones (excluding diaryl/α,β-unsaturated/α-hetero) is 1. The highest BCUT2D eigenvalue weighted by molar-refractivity contribution is 5.96. The second-order valence-corrected chi connectivity index (χ2v) is 4.60. The van der Waals surface area contributed by atoms with Gasteiger partial charge in [-0.25, -0.2) is 0 Å². The topological polar surface area (TPSA) is 26.3 Å². The minimum absolute atomic E-state index is 0.0760. The number of hydrogen-bond acceptors (Lipinski definition) is 2. The first-order chi connectivity index (χ1) is 9.25. The average Bonchev–Trinajstić information content (AvgIpc) is 2.47. The summed E-state index contributed by atoms with van der Waals surface area (Å²) < 4.78 is 5.70. The van der Waals surface area contributed by atoms with Gasteiger partial charge in [0.2, 0.25) is 0 Å². The van der Waals surface area contributed by atoms with Crippen LogP contribution >= 0.6 is 0 Å². The van der Waals surface area contributed by atoms with E-state index in [1.807, 2.05) is 67.6 Å². The molecule has 1 atom stereocenters. The molecule has 2 nitrogen and oxygen atoms in total. The van der Waals surface area contributed by atoms with Crippen LogP contribution in [0.4, 0.5) is 0 Å². The van der Waals surface area contributed by atoms with E-state index < -0.39 is 0 Å². The third-order valence-electron chi connectivity index (χ3n) is 2.95. The number of rotatable bonds is 6. The fourth-order valence-electron chi connectivity index (χ4n) is 1.87. The van der Waals surface area contributed by atoms with Crippen LogP contribution in [0.25, 0.3) is 0 Å². The Bertz CT molecular complexity index is 505. The van der Waals surface area contributed by atoms with Crippen LogP contribution in [0.5, 0.6) is 0 Å². The van der Waals surface area contributed by atoms with Gasteiger partial charge in [-0.15, -0.1) is 0 Å². The van der Waals surface area contributed by atoms with Crippen LogP contribution in [-0.2, 0) is 11.3 Å². The standard InChI is InChI=1S/C17H18O2/c1-14(19-13-15-8-4-2-5-9-15)12-17(18)16-10-6-3-7-11-16/h2-11,14H,12-13H2,1H3. The number of carbonyl (C=O) groups is 1. The van der Waals surface area contributed by atoms with Crippen molar-refractivity contribution in [2.24, 2.45) is 0 Å². The predicted molar refractivity (Wildman–Crippen MR) is 76.1 cm³/mol. The van der Waals surface area contributed by atoms with Gasteiger partial charge in [0.25, 0.3) is 0 Å². The second kappa shape index (κ2) is 6.86. The fourth-order valence-corrected chi connectivity index (χ4v) is 1.87. The maximum atomic E-state index is 12.0. The maximum Gasteiger partial charge on any atom is 0.165 e. The summed E-state index contributed by atoms with van der Waals surface area (Å²) in [5.74, 6) is 0.126. The summed E-state index contributed by atoms with van der Waals surface area (Å²) in [5.41, 5.74) is 1.87. The van der Waals surface area contributed by atoms with E-state index >= 15 is 0 Å². The lowest BCUT2D eigenvalue weighted by Gasteiger charge is -2.12. The molecule has 2 aromatic rings. The summed E-state index contributed by atoms with van der Waals surface area (Å²) in [7, 11) is 0. The Balaban J connectivity index is 1.81. The maximum absolute atomic E-state index is 12.0. The van der Waals surface area contributed by atoms with Gasteiger partial charge in [-0.1, -0.05) is 60.7 Å². The molecule has 1 unspecified atom stereocenters. The first-order valence-electron chi connectivity index (χ1n) is 6.49. The van der Waals surface area contributed by atoms with Gasteiger partial charge in [-0.05, 0) is 12.5 Å². The molecule has 0 amide bonds. The summed E-state index contributed by atoms with van der Waals surface area (Å²) in [5, 5.41) is 0. The van der Waals surface area contributed by atoms with Crippen LogP contribution in [0.15, 0.2) is 60.7 Å². The third kappa shape index (κ3) is 4.34. The molecule has 98 valence electrons. The molecule has 2 aromatic carbocycles. The molecule has 0 aliphatic carbocycles. The lowest BCUT2D eigenvalue weighted by Crippen LogP contribution is -2.14. The first kappa shape index (κ1) is 13.5. The zero-order valence-corrected chi connectivity index (χ0v) is 11.1. The Kier molecular flexibility index (Phi) is 4.87. The van der Waals surface area contributed by atoms with Crippen molar-refractivity contribution in [1.82, 2.24) is 0 Å². The first-order valence-corrected chi connectivity index (χ1v) is 6.49. The SMILES string of the molecule is CC(CC(=O)c1ccccc1)OCc1ccccc1. The van der Waals surface area contributed by atoms with Crippen LogP contribution in [0.3, 0.4) is 0 Å². The molecule has 0 spiro atoms. The highest BCUT2D eigenvalue weighted by atomic mass is 16.5. The molecule has 2 rings (SSSR count). The van der Waals surface area contributed by atoms with Crippen molar-refractivity contribution in [3.05, 3.63) is 71.8 Å². The summed E-state index contributed by atoms with van der Waals surface area (Å²) in [6, 6.07) is 19.3. The van der Waals surface area contributed by atoms with Gasteiger partial charge >= 0.3 is 0 Å². The highest BCUT2D eigenvalue weighted by Gasteiger charge is 2.11. The van der Waals surface area contributed by atoms with Gasteiger partial charge in [0, 0.05) is 12.0 Å². The van der Waals surface area contributed by atoms with E-state index in [4.69, 9.17) is 4.74 Å². The summed E-state index contributed by atoms with van der Waals surface area (Å²) in [4.78, 5) is 12.0. The second-order valence-electron chi connectivity index (χ2n) is 4.60. The molecule has 0 radical (unpaired) electrons. The zero-order valence-electron chi connectivity index (χ0n) is 11.1. The predicted octanol–water partition coefficient (Wildman–Crippen LogP) is 3.86. The van der Waals surface area contributed by atoms with Crippen molar-refractivity contribution in [1.29, 1.82) is 0 Å². The molecule has 0 aliphatic rings. The monoisotopic (exact) mass is 254 g/mol. The Hall–Kier alpha value is -1.93. The van der Waals surface area contributed by atoms with Crippen molar-refractivity contribution in [2.45, 2.75) is 26.1 Å². The number of ketones is 1. The van der Waals surface area contributed by atoms with E-state index in [1.165, 1.54) is 0 Å². The van der Waals surface area contributed by atoms with Gasteiger partial charge in [-0.3, -0.25) is 4.79 Å². The Labute approximate surface area is 114 Å². The van der Waals surface area contributed by atoms with Crippen molar-refractivity contribution in [3.8, 4) is 0 Å². The molecular formula is C17H18O2. The van der Waals surface area contributed by atoms with Crippen molar-refractivity contribution < 1.29 is 9.53 Å². The lowest BCUT2D eigenvalue weighted by atomic mass is 10.1. The van der Waals surface area contributed by atoms with Gasteiger partial charge in [0.05, 0.1) is 12.7 Å². The van der Waals surface area contributed by atoms with Crippen LogP contribution < -0.4 is 0 Å². The van der Waals surface area contributed by atoms with Crippen LogP contribution in [0.1, 0.15) is 29.3 Å². The Morgan fingerprint density at radius 2 is 1.58 bits per heavy atom. The van der Waals surface area contributed by atoms with Crippen LogP contribution in [-0.4, -0.2) is 11.9 Å². The lowest BCUT2D eigenvalue weighted by molar-refractivity contribution is 0.0444. The normalized spacial score (nSPS) is 12.1. The van der Waals surface area contributed by atoms with Gasteiger partial charge in [0.15, 0.2) is 5.78 Å². The number of benzene rings is 2. The molecule has 0 heterocycles. The molecule has 0 saturated heterocycles. The minimum Gasteiger partial charge on any atom is -0.373 e. The smallest absolute Gasteiger partial charge is 0.165 e. The van der Waals surface area contributed by atoms with E-state index in [-0.39, 0.29) is 11.9 Å².